The number of carbonyl (C=O) groups is 1. The smallest absolute Gasteiger partial charge is 0.330 e. The second-order valence-corrected chi connectivity index (χ2v) is 6.19. The number of rotatable bonds is 8. The maximum Gasteiger partial charge on any atom is 0.330 e. The second kappa shape index (κ2) is 10.3. The Morgan fingerprint density at radius 3 is 2.65 bits per heavy atom. The van der Waals surface area contributed by atoms with Crippen molar-refractivity contribution >= 4 is 18.1 Å². The SMILES string of the molecule is CCCCOC(=O)/C=C/c1cc(F)ccc1C(C)/C=C/c1ccccc1. The number of hydrogen-bond acceptors (Lipinski definition) is 2. The molecule has 0 fully saturated rings. The van der Waals surface area contributed by atoms with Crippen LogP contribution in [-0.2, 0) is 9.53 Å². The molecule has 0 aliphatic rings. The normalized spacial score (nSPS) is 12.6. The summed E-state index contributed by atoms with van der Waals surface area (Å²) in [6.07, 6.45) is 8.91. The fourth-order valence-corrected chi connectivity index (χ4v) is 2.55. The fourth-order valence-electron chi connectivity index (χ4n) is 2.55. The highest BCUT2D eigenvalue weighted by Crippen LogP contribution is 2.24. The van der Waals surface area contributed by atoms with E-state index in [0.717, 1.165) is 24.0 Å². The van der Waals surface area contributed by atoms with Gasteiger partial charge in [0.25, 0.3) is 0 Å². The topological polar surface area (TPSA) is 26.3 Å². The molecule has 0 saturated heterocycles. The minimum atomic E-state index is -0.402. The predicted octanol–water partition coefficient (Wildman–Crippen LogP) is 6.00. The summed E-state index contributed by atoms with van der Waals surface area (Å²) in [4.78, 5) is 11.8. The van der Waals surface area contributed by atoms with E-state index < -0.39 is 5.97 Å². The van der Waals surface area contributed by atoms with Crippen LogP contribution >= 0.6 is 0 Å². The minimum Gasteiger partial charge on any atom is -0.463 e. The zero-order valence-corrected chi connectivity index (χ0v) is 15.3. The maximum atomic E-state index is 13.7. The Morgan fingerprint density at radius 2 is 1.92 bits per heavy atom. The number of unbranched alkanes of at least 4 members (excludes halogenated alkanes) is 1. The van der Waals surface area contributed by atoms with E-state index in [2.05, 4.69) is 6.08 Å². The Labute approximate surface area is 155 Å². The molecule has 2 rings (SSSR count). The van der Waals surface area contributed by atoms with Crippen molar-refractivity contribution in [2.75, 3.05) is 6.61 Å². The summed E-state index contributed by atoms with van der Waals surface area (Å²) in [5, 5.41) is 0. The first-order valence-electron chi connectivity index (χ1n) is 8.97. The van der Waals surface area contributed by atoms with Gasteiger partial charge in [-0.1, -0.05) is 68.8 Å². The van der Waals surface area contributed by atoms with Crippen LogP contribution < -0.4 is 0 Å². The first-order chi connectivity index (χ1) is 12.6. The molecule has 2 nitrogen and oxygen atoms in total. The van der Waals surface area contributed by atoms with Crippen LogP contribution in [0.3, 0.4) is 0 Å². The first-order valence-corrected chi connectivity index (χ1v) is 8.97. The van der Waals surface area contributed by atoms with Gasteiger partial charge in [0.05, 0.1) is 6.61 Å². The Balaban J connectivity index is 2.13. The van der Waals surface area contributed by atoms with Gasteiger partial charge in [0.2, 0.25) is 0 Å². The van der Waals surface area contributed by atoms with Crippen LogP contribution in [0.25, 0.3) is 12.2 Å². The van der Waals surface area contributed by atoms with Crippen LogP contribution in [-0.4, -0.2) is 12.6 Å². The van der Waals surface area contributed by atoms with Crippen LogP contribution in [0.1, 0.15) is 49.3 Å². The summed E-state index contributed by atoms with van der Waals surface area (Å²) in [7, 11) is 0. The minimum absolute atomic E-state index is 0.0755. The van der Waals surface area contributed by atoms with Crippen molar-refractivity contribution in [3.05, 3.63) is 83.2 Å². The molecule has 0 bridgehead atoms. The van der Waals surface area contributed by atoms with Crippen LogP contribution in [0.15, 0.2) is 60.7 Å². The molecule has 0 aliphatic carbocycles. The Morgan fingerprint density at radius 1 is 1.15 bits per heavy atom. The van der Waals surface area contributed by atoms with E-state index >= 15 is 0 Å². The largest absolute Gasteiger partial charge is 0.463 e. The fraction of sp³-hybridized carbons (Fsp3) is 0.261. The lowest BCUT2D eigenvalue weighted by atomic mass is 9.94. The highest BCUT2D eigenvalue weighted by Gasteiger charge is 2.08. The molecule has 1 atom stereocenters. The zero-order chi connectivity index (χ0) is 18.8. The van der Waals surface area contributed by atoms with Crippen molar-refractivity contribution < 1.29 is 13.9 Å². The number of carbonyl (C=O) groups excluding carboxylic acids is 1. The molecule has 2 aromatic rings. The number of ether oxygens (including phenoxy) is 1. The van der Waals surface area contributed by atoms with Gasteiger partial charge in [-0.25, -0.2) is 9.18 Å². The molecule has 0 N–H and O–H groups in total. The van der Waals surface area contributed by atoms with E-state index in [1.165, 1.54) is 18.2 Å². The quantitative estimate of drug-likeness (QED) is 0.331. The van der Waals surface area contributed by atoms with E-state index in [1.807, 2.05) is 50.3 Å². The second-order valence-electron chi connectivity index (χ2n) is 6.19. The van der Waals surface area contributed by atoms with Crippen molar-refractivity contribution in [2.24, 2.45) is 0 Å². The molecule has 0 aliphatic heterocycles. The summed E-state index contributed by atoms with van der Waals surface area (Å²) in [6.45, 7) is 4.49. The van der Waals surface area contributed by atoms with Gasteiger partial charge in [-0.15, -0.1) is 0 Å². The summed E-state index contributed by atoms with van der Waals surface area (Å²) >= 11 is 0. The highest BCUT2D eigenvalue weighted by molar-refractivity contribution is 5.87. The lowest BCUT2D eigenvalue weighted by Crippen LogP contribution is -2.02. The number of allylic oxidation sites excluding steroid dienone is 1. The number of benzene rings is 2. The molecule has 3 heteroatoms. The monoisotopic (exact) mass is 352 g/mol. The standard InChI is InChI=1S/C23H25FO2/c1-3-4-16-26-23(25)15-12-20-17-21(24)13-14-22(20)18(2)10-11-19-8-6-5-7-9-19/h5-15,17-18H,3-4,16H2,1-2H3/b11-10+,15-12+. The molecule has 0 amide bonds. The molecule has 0 saturated carbocycles. The van der Waals surface area contributed by atoms with Gasteiger partial charge < -0.3 is 4.74 Å². The van der Waals surface area contributed by atoms with Crippen molar-refractivity contribution in [1.82, 2.24) is 0 Å². The molecule has 0 aromatic heterocycles. The van der Waals surface area contributed by atoms with Crippen molar-refractivity contribution in [3.63, 3.8) is 0 Å². The lowest BCUT2D eigenvalue weighted by Gasteiger charge is -2.11. The third-order valence-electron chi connectivity index (χ3n) is 4.06. The van der Waals surface area contributed by atoms with Gasteiger partial charge in [0.15, 0.2) is 0 Å². The van der Waals surface area contributed by atoms with Gasteiger partial charge in [-0.05, 0) is 47.2 Å². The van der Waals surface area contributed by atoms with Crippen LogP contribution in [0.5, 0.6) is 0 Å². The predicted molar refractivity (Wildman–Crippen MR) is 105 cm³/mol. The molecule has 1 unspecified atom stereocenters. The van der Waals surface area contributed by atoms with Gasteiger partial charge >= 0.3 is 5.97 Å². The number of halogens is 1. The lowest BCUT2D eigenvalue weighted by molar-refractivity contribution is -0.137. The van der Waals surface area contributed by atoms with E-state index in [-0.39, 0.29) is 11.7 Å². The molecule has 0 heterocycles. The summed E-state index contributed by atoms with van der Waals surface area (Å²) in [6, 6.07) is 14.7. The molecular formula is C23H25FO2. The summed E-state index contributed by atoms with van der Waals surface area (Å²) in [5.74, 6) is -0.653. The third-order valence-corrected chi connectivity index (χ3v) is 4.06. The van der Waals surface area contributed by atoms with Crippen molar-refractivity contribution in [2.45, 2.75) is 32.6 Å². The first kappa shape index (κ1) is 19.6. The van der Waals surface area contributed by atoms with Gasteiger partial charge in [-0.2, -0.15) is 0 Å². The van der Waals surface area contributed by atoms with Gasteiger partial charge in [0.1, 0.15) is 5.82 Å². The summed E-state index contributed by atoms with van der Waals surface area (Å²) in [5.41, 5.74) is 2.75. The average Bonchev–Trinajstić information content (AvgIpc) is 2.65. The molecule has 0 spiro atoms. The Kier molecular flexibility index (Phi) is 7.81. The summed E-state index contributed by atoms with van der Waals surface area (Å²) < 4.78 is 18.8. The Bertz CT molecular complexity index is 763. The molecular weight excluding hydrogens is 327 g/mol. The Hall–Kier alpha value is -2.68. The van der Waals surface area contributed by atoms with Crippen molar-refractivity contribution in [3.8, 4) is 0 Å². The van der Waals surface area contributed by atoms with Gasteiger partial charge in [0, 0.05) is 6.08 Å². The van der Waals surface area contributed by atoms with Crippen LogP contribution in [0, 0.1) is 5.82 Å². The van der Waals surface area contributed by atoms with E-state index in [4.69, 9.17) is 4.74 Å². The number of hydrogen-bond donors (Lipinski definition) is 0. The van der Waals surface area contributed by atoms with Crippen molar-refractivity contribution in [1.29, 1.82) is 0 Å². The van der Waals surface area contributed by atoms with Crippen LogP contribution in [0.2, 0.25) is 0 Å². The third kappa shape index (κ3) is 6.32. The molecule has 136 valence electrons. The van der Waals surface area contributed by atoms with Gasteiger partial charge in [-0.3, -0.25) is 0 Å². The maximum absolute atomic E-state index is 13.7. The molecule has 0 radical (unpaired) electrons. The molecule has 2 aromatic carbocycles. The average molecular weight is 352 g/mol. The van der Waals surface area contributed by atoms with Crippen LogP contribution in [0.4, 0.5) is 4.39 Å². The zero-order valence-electron chi connectivity index (χ0n) is 15.3. The van der Waals surface area contributed by atoms with E-state index in [9.17, 15) is 9.18 Å². The van der Waals surface area contributed by atoms with E-state index in [0.29, 0.717) is 12.2 Å². The molecule has 26 heavy (non-hydrogen) atoms. The van der Waals surface area contributed by atoms with E-state index in [1.54, 1.807) is 12.1 Å². The highest BCUT2D eigenvalue weighted by atomic mass is 19.1. The number of esters is 1.